The van der Waals surface area contributed by atoms with Gasteiger partial charge in [-0.25, -0.2) is 8.42 Å². The quantitative estimate of drug-likeness (QED) is 0.690. The summed E-state index contributed by atoms with van der Waals surface area (Å²) in [7, 11) is -3.76. The van der Waals surface area contributed by atoms with Gasteiger partial charge < -0.3 is 9.26 Å². The lowest BCUT2D eigenvalue weighted by molar-refractivity contribution is 0.337. The van der Waals surface area contributed by atoms with Gasteiger partial charge in [0.05, 0.1) is 11.5 Å². The molecule has 3 aromatic rings. The van der Waals surface area contributed by atoms with Crippen LogP contribution in [0.15, 0.2) is 45.8 Å². The molecule has 0 aliphatic carbocycles. The summed E-state index contributed by atoms with van der Waals surface area (Å²) in [5.41, 5.74) is 2.42. The number of rotatable bonds is 6. The number of hydrogen-bond donors (Lipinski definition) is 1. The molecule has 1 aromatic heterocycles. The van der Waals surface area contributed by atoms with E-state index in [9.17, 15) is 8.42 Å². The Morgan fingerprint density at radius 1 is 1.11 bits per heavy atom. The average molecular weight is 387 g/mol. The SMILES string of the molecule is CCOc1cc(C)c(S(=O)(=O)Nc2cccc(-c3nc(C)no3)c2)cc1C. The van der Waals surface area contributed by atoms with Crippen molar-refractivity contribution in [2.45, 2.75) is 32.6 Å². The lowest BCUT2D eigenvalue weighted by atomic mass is 10.1. The molecule has 1 N–H and O–H groups in total. The van der Waals surface area contributed by atoms with Crippen molar-refractivity contribution in [1.82, 2.24) is 10.1 Å². The summed E-state index contributed by atoms with van der Waals surface area (Å²) in [6.45, 7) is 7.69. The maximum absolute atomic E-state index is 12.9. The predicted octanol–water partition coefficient (Wildman–Crippen LogP) is 3.86. The summed E-state index contributed by atoms with van der Waals surface area (Å²) in [6.07, 6.45) is 0. The molecule has 0 aliphatic rings. The van der Waals surface area contributed by atoms with Crippen LogP contribution in [0.5, 0.6) is 5.75 Å². The molecule has 7 nitrogen and oxygen atoms in total. The Hall–Kier alpha value is -2.87. The van der Waals surface area contributed by atoms with Crippen molar-refractivity contribution >= 4 is 15.7 Å². The zero-order valence-electron chi connectivity index (χ0n) is 15.6. The van der Waals surface area contributed by atoms with E-state index in [0.29, 0.717) is 40.9 Å². The molecule has 0 bridgehead atoms. The first kappa shape index (κ1) is 18.9. The standard InChI is InChI=1S/C19H21N3O4S/c1-5-25-17-9-13(3)18(10-12(17)2)27(23,24)22-16-8-6-7-15(11-16)19-20-14(4)21-26-19/h6-11,22H,5H2,1-4H3. The van der Waals surface area contributed by atoms with Crippen LogP contribution < -0.4 is 9.46 Å². The number of aryl methyl sites for hydroxylation is 3. The van der Waals surface area contributed by atoms with E-state index >= 15 is 0 Å². The zero-order chi connectivity index (χ0) is 19.6. The molecule has 0 atom stereocenters. The van der Waals surface area contributed by atoms with Crippen molar-refractivity contribution in [3.05, 3.63) is 53.3 Å². The zero-order valence-corrected chi connectivity index (χ0v) is 16.4. The molecule has 142 valence electrons. The summed E-state index contributed by atoms with van der Waals surface area (Å²) in [6, 6.07) is 10.2. The van der Waals surface area contributed by atoms with Crippen molar-refractivity contribution in [2.75, 3.05) is 11.3 Å². The Kier molecular flexibility index (Phi) is 5.18. The number of nitrogens with zero attached hydrogens (tertiary/aromatic N) is 2. The number of sulfonamides is 1. The van der Waals surface area contributed by atoms with E-state index in [1.165, 1.54) is 0 Å². The molecule has 0 aliphatic heterocycles. The molecule has 1 heterocycles. The number of anilines is 1. The second kappa shape index (κ2) is 7.40. The molecular formula is C19H21N3O4S. The van der Waals surface area contributed by atoms with Crippen LogP contribution >= 0.6 is 0 Å². The van der Waals surface area contributed by atoms with Crippen LogP contribution in [0.25, 0.3) is 11.5 Å². The highest BCUT2D eigenvalue weighted by molar-refractivity contribution is 7.92. The number of hydrogen-bond acceptors (Lipinski definition) is 6. The first-order chi connectivity index (χ1) is 12.8. The van der Waals surface area contributed by atoms with Gasteiger partial charge in [0.2, 0.25) is 0 Å². The smallest absolute Gasteiger partial charge is 0.262 e. The van der Waals surface area contributed by atoms with Gasteiger partial charge in [0.25, 0.3) is 15.9 Å². The van der Waals surface area contributed by atoms with Crippen LogP contribution in [0.2, 0.25) is 0 Å². The van der Waals surface area contributed by atoms with Crippen molar-refractivity contribution < 1.29 is 17.7 Å². The monoisotopic (exact) mass is 387 g/mol. The largest absolute Gasteiger partial charge is 0.494 e. The minimum atomic E-state index is -3.76. The molecule has 0 amide bonds. The number of benzene rings is 2. The summed E-state index contributed by atoms with van der Waals surface area (Å²) >= 11 is 0. The Bertz CT molecular complexity index is 1070. The van der Waals surface area contributed by atoms with Gasteiger partial charge in [-0.15, -0.1) is 0 Å². The fourth-order valence-electron chi connectivity index (χ4n) is 2.70. The third kappa shape index (κ3) is 4.11. The van der Waals surface area contributed by atoms with Crippen LogP contribution in [0.3, 0.4) is 0 Å². The normalized spacial score (nSPS) is 11.4. The second-order valence-electron chi connectivity index (χ2n) is 6.15. The molecular weight excluding hydrogens is 366 g/mol. The highest BCUT2D eigenvalue weighted by atomic mass is 32.2. The molecule has 0 radical (unpaired) electrons. The summed E-state index contributed by atoms with van der Waals surface area (Å²) in [4.78, 5) is 4.37. The first-order valence-electron chi connectivity index (χ1n) is 8.48. The molecule has 27 heavy (non-hydrogen) atoms. The summed E-state index contributed by atoms with van der Waals surface area (Å²) in [5.74, 6) is 1.53. The Labute approximate surface area is 158 Å². The fourth-order valence-corrected chi connectivity index (χ4v) is 4.07. The van der Waals surface area contributed by atoms with Crippen molar-refractivity contribution in [2.24, 2.45) is 0 Å². The van der Waals surface area contributed by atoms with Gasteiger partial charge in [-0.2, -0.15) is 4.98 Å². The van der Waals surface area contributed by atoms with Crippen LogP contribution in [-0.2, 0) is 10.0 Å². The average Bonchev–Trinajstić information content (AvgIpc) is 3.04. The van der Waals surface area contributed by atoms with E-state index in [4.69, 9.17) is 9.26 Å². The number of aromatic nitrogens is 2. The van der Waals surface area contributed by atoms with E-state index in [0.717, 1.165) is 5.56 Å². The van der Waals surface area contributed by atoms with Gasteiger partial charge in [-0.05, 0) is 69.2 Å². The van der Waals surface area contributed by atoms with Crippen LogP contribution in [0.1, 0.15) is 23.9 Å². The van der Waals surface area contributed by atoms with Crippen LogP contribution in [0.4, 0.5) is 5.69 Å². The van der Waals surface area contributed by atoms with E-state index in [1.54, 1.807) is 50.2 Å². The lowest BCUT2D eigenvalue weighted by Crippen LogP contribution is -2.15. The number of nitrogens with one attached hydrogen (secondary N) is 1. The highest BCUT2D eigenvalue weighted by Crippen LogP contribution is 2.28. The van der Waals surface area contributed by atoms with Gasteiger partial charge in [0, 0.05) is 11.3 Å². The molecule has 0 unspecified atom stereocenters. The minimum absolute atomic E-state index is 0.211. The van der Waals surface area contributed by atoms with E-state index in [-0.39, 0.29) is 4.90 Å². The third-order valence-electron chi connectivity index (χ3n) is 3.95. The van der Waals surface area contributed by atoms with E-state index in [2.05, 4.69) is 14.9 Å². The van der Waals surface area contributed by atoms with Crippen molar-refractivity contribution in [3.63, 3.8) is 0 Å². The first-order valence-corrected chi connectivity index (χ1v) is 9.96. The second-order valence-corrected chi connectivity index (χ2v) is 7.80. The van der Waals surface area contributed by atoms with Crippen LogP contribution in [-0.4, -0.2) is 25.2 Å². The maximum Gasteiger partial charge on any atom is 0.262 e. The summed E-state index contributed by atoms with van der Waals surface area (Å²) in [5, 5.41) is 3.75. The Morgan fingerprint density at radius 3 is 2.56 bits per heavy atom. The molecule has 8 heteroatoms. The topological polar surface area (TPSA) is 94.3 Å². The van der Waals surface area contributed by atoms with Gasteiger partial charge >= 0.3 is 0 Å². The van der Waals surface area contributed by atoms with Gasteiger partial charge in [-0.3, -0.25) is 4.72 Å². The van der Waals surface area contributed by atoms with E-state index in [1.807, 2.05) is 13.8 Å². The highest BCUT2D eigenvalue weighted by Gasteiger charge is 2.19. The van der Waals surface area contributed by atoms with E-state index < -0.39 is 10.0 Å². The maximum atomic E-state index is 12.9. The predicted molar refractivity (Wildman–Crippen MR) is 102 cm³/mol. The molecule has 0 saturated carbocycles. The Balaban J connectivity index is 1.92. The molecule has 3 rings (SSSR count). The lowest BCUT2D eigenvalue weighted by Gasteiger charge is -2.14. The Morgan fingerprint density at radius 2 is 1.89 bits per heavy atom. The molecule has 0 spiro atoms. The van der Waals surface area contributed by atoms with Crippen LogP contribution in [0, 0.1) is 20.8 Å². The molecule has 0 saturated heterocycles. The van der Waals surface area contributed by atoms with Gasteiger partial charge in [0.1, 0.15) is 5.75 Å². The summed E-state index contributed by atoms with van der Waals surface area (Å²) < 4.78 is 39.1. The van der Waals surface area contributed by atoms with Gasteiger partial charge in [0.15, 0.2) is 5.82 Å². The fraction of sp³-hybridized carbons (Fsp3) is 0.263. The van der Waals surface area contributed by atoms with Crippen molar-refractivity contribution in [3.8, 4) is 17.2 Å². The third-order valence-corrected chi connectivity index (χ3v) is 5.47. The number of ether oxygens (including phenoxy) is 1. The minimum Gasteiger partial charge on any atom is -0.494 e. The van der Waals surface area contributed by atoms with Gasteiger partial charge in [-0.1, -0.05) is 11.2 Å². The molecule has 0 fully saturated rings. The molecule has 2 aromatic carbocycles. The van der Waals surface area contributed by atoms with Crippen molar-refractivity contribution in [1.29, 1.82) is 0 Å².